The van der Waals surface area contributed by atoms with Crippen molar-refractivity contribution in [3.8, 4) is 0 Å². The Balaban J connectivity index is 2.64. The summed E-state index contributed by atoms with van der Waals surface area (Å²) < 4.78 is 0. The van der Waals surface area contributed by atoms with Gasteiger partial charge in [-0.2, -0.15) is 0 Å². The molecule has 0 saturated carbocycles. The number of carbonyl (C=O) groups is 3. The van der Waals surface area contributed by atoms with Crippen molar-refractivity contribution >= 4 is 24.1 Å². The van der Waals surface area contributed by atoms with Crippen LogP contribution >= 0.6 is 0 Å². The van der Waals surface area contributed by atoms with E-state index < -0.39 is 23.8 Å². The van der Waals surface area contributed by atoms with E-state index in [2.05, 4.69) is 4.99 Å². The fourth-order valence-electron chi connectivity index (χ4n) is 1.77. The SMILES string of the molecule is O=C(O)CCCC(=O)N=CC(CC(=O)O)c1ccccc1. The molecule has 112 valence electrons. The van der Waals surface area contributed by atoms with Crippen LogP contribution in [-0.4, -0.2) is 34.3 Å². The number of rotatable bonds is 8. The maximum atomic E-state index is 11.5. The summed E-state index contributed by atoms with van der Waals surface area (Å²) in [5.74, 6) is -2.86. The zero-order valence-corrected chi connectivity index (χ0v) is 11.4. The molecule has 0 aliphatic heterocycles. The van der Waals surface area contributed by atoms with Gasteiger partial charge in [-0.05, 0) is 12.0 Å². The molecule has 0 bridgehead atoms. The molecule has 2 N–H and O–H groups in total. The Morgan fingerprint density at radius 3 is 2.29 bits per heavy atom. The lowest BCUT2D eigenvalue weighted by atomic mass is 9.97. The summed E-state index contributed by atoms with van der Waals surface area (Å²) in [7, 11) is 0. The first-order chi connectivity index (χ1) is 9.99. The third-order valence-corrected chi connectivity index (χ3v) is 2.80. The van der Waals surface area contributed by atoms with E-state index in [0.717, 1.165) is 5.56 Å². The molecule has 1 atom stereocenters. The number of nitrogens with zero attached hydrogens (tertiary/aromatic N) is 1. The fourth-order valence-corrected chi connectivity index (χ4v) is 1.77. The highest BCUT2D eigenvalue weighted by molar-refractivity contribution is 5.88. The standard InChI is InChI=1S/C15H17NO5/c17-13(7-4-8-14(18)19)16-10-12(9-15(20)21)11-5-2-1-3-6-11/h1-3,5-6,10,12H,4,7-9H2,(H,18,19)(H,20,21). The number of hydrogen-bond donors (Lipinski definition) is 2. The van der Waals surface area contributed by atoms with Gasteiger partial charge < -0.3 is 10.2 Å². The highest BCUT2D eigenvalue weighted by atomic mass is 16.4. The van der Waals surface area contributed by atoms with Crippen molar-refractivity contribution in [1.82, 2.24) is 0 Å². The van der Waals surface area contributed by atoms with Crippen molar-refractivity contribution in [2.75, 3.05) is 0 Å². The minimum atomic E-state index is -0.978. The van der Waals surface area contributed by atoms with Gasteiger partial charge in [0.1, 0.15) is 0 Å². The van der Waals surface area contributed by atoms with Gasteiger partial charge >= 0.3 is 11.9 Å². The Bertz CT molecular complexity index is 524. The molecular formula is C15H17NO5. The number of amides is 1. The van der Waals surface area contributed by atoms with Crippen LogP contribution in [0.5, 0.6) is 0 Å². The lowest BCUT2D eigenvalue weighted by Gasteiger charge is -2.09. The monoisotopic (exact) mass is 291 g/mol. The third kappa shape index (κ3) is 7.00. The summed E-state index contributed by atoms with van der Waals surface area (Å²) in [6.45, 7) is 0. The Morgan fingerprint density at radius 2 is 1.71 bits per heavy atom. The Hall–Kier alpha value is -2.50. The van der Waals surface area contributed by atoms with E-state index >= 15 is 0 Å². The van der Waals surface area contributed by atoms with Crippen LogP contribution in [0, 0.1) is 0 Å². The van der Waals surface area contributed by atoms with Crippen LogP contribution in [0.15, 0.2) is 35.3 Å². The van der Waals surface area contributed by atoms with Gasteiger partial charge in [0, 0.05) is 25.0 Å². The molecule has 1 rings (SSSR count). The van der Waals surface area contributed by atoms with Crippen LogP contribution in [0.4, 0.5) is 0 Å². The molecule has 0 heterocycles. The summed E-state index contributed by atoms with van der Waals surface area (Å²) >= 11 is 0. The quantitative estimate of drug-likeness (QED) is 0.714. The third-order valence-electron chi connectivity index (χ3n) is 2.80. The molecule has 0 spiro atoms. The highest BCUT2D eigenvalue weighted by Gasteiger charge is 2.13. The topological polar surface area (TPSA) is 104 Å². The second kappa shape index (κ2) is 8.63. The van der Waals surface area contributed by atoms with Gasteiger partial charge in [0.25, 0.3) is 0 Å². The van der Waals surface area contributed by atoms with E-state index in [1.165, 1.54) is 6.21 Å². The predicted octanol–water partition coefficient (Wildman–Crippen LogP) is 2.10. The number of carboxylic acid groups (broad SMARTS) is 2. The van der Waals surface area contributed by atoms with Crippen molar-refractivity contribution < 1.29 is 24.6 Å². The van der Waals surface area contributed by atoms with Crippen LogP contribution in [0.25, 0.3) is 0 Å². The molecule has 21 heavy (non-hydrogen) atoms. The van der Waals surface area contributed by atoms with Gasteiger partial charge in [-0.3, -0.25) is 14.4 Å². The van der Waals surface area contributed by atoms with E-state index in [1.807, 2.05) is 6.07 Å². The molecule has 0 fully saturated rings. The second-order valence-corrected chi connectivity index (χ2v) is 4.53. The van der Waals surface area contributed by atoms with Gasteiger partial charge in [0.2, 0.25) is 5.91 Å². The van der Waals surface area contributed by atoms with Crippen molar-refractivity contribution in [2.45, 2.75) is 31.6 Å². The van der Waals surface area contributed by atoms with E-state index in [1.54, 1.807) is 24.3 Å². The summed E-state index contributed by atoms with van der Waals surface area (Å²) in [5.41, 5.74) is 0.766. The molecule has 0 aromatic heterocycles. The predicted molar refractivity (Wildman–Crippen MR) is 76.4 cm³/mol. The average Bonchev–Trinajstić information content (AvgIpc) is 2.43. The molecule has 1 aromatic rings. The molecule has 1 amide bonds. The molecule has 0 saturated heterocycles. The number of aliphatic imine (C=N–C) groups is 1. The zero-order valence-electron chi connectivity index (χ0n) is 11.4. The van der Waals surface area contributed by atoms with Crippen LogP contribution in [0.3, 0.4) is 0 Å². The van der Waals surface area contributed by atoms with Crippen molar-refractivity contribution in [2.24, 2.45) is 4.99 Å². The van der Waals surface area contributed by atoms with Crippen LogP contribution in [-0.2, 0) is 14.4 Å². The highest BCUT2D eigenvalue weighted by Crippen LogP contribution is 2.17. The first-order valence-electron chi connectivity index (χ1n) is 6.54. The lowest BCUT2D eigenvalue weighted by molar-refractivity contribution is -0.138. The number of aliphatic carboxylic acids is 2. The normalized spacial score (nSPS) is 12.2. The van der Waals surface area contributed by atoms with E-state index in [0.29, 0.717) is 0 Å². The van der Waals surface area contributed by atoms with Gasteiger partial charge in [-0.15, -0.1) is 0 Å². The zero-order chi connectivity index (χ0) is 15.7. The maximum absolute atomic E-state index is 11.5. The van der Waals surface area contributed by atoms with E-state index in [-0.39, 0.29) is 25.7 Å². The lowest BCUT2D eigenvalue weighted by Crippen LogP contribution is -2.09. The van der Waals surface area contributed by atoms with Crippen LogP contribution in [0.1, 0.15) is 37.2 Å². The molecule has 6 nitrogen and oxygen atoms in total. The van der Waals surface area contributed by atoms with Gasteiger partial charge in [-0.1, -0.05) is 30.3 Å². The largest absolute Gasteiger partial charge is 0.481 e. The number of benzene rings is 1. The minimum Gasteiger partial charge on any atom is -0.481 e. The molecule has 6 heteroatoms. The summed E-state index contributed by atoms with van der Waals surface area (Å²) in [6, 6.07) is 8.93. The Labute approximate surface area is 122 Å². The molecule has 1 aromatic carbocycles. The fraction of sp³-hybridized carbons (Fsp3) is 0.333. The Kier molecular flexibility index (Phi) is 6.80. The molecular weight excluding hydrogens is 274 g/mol. The Morgan fingerprint density at radius 1 is 1.05 bits per heavy atom. The number of hydrogen-bond acceptors (Lipinski definition) is 3. The summed E-state index contributed by atoms with van der Waals surface area (Å²) in [4.78, 5) is 36.4. The van der Waals surface area contributed by atoms with E-state index in [4.69, 9.17) is 10.2 Å². The summed E-state index contributed by atoms with van der Waals surface area (Å²) in [5, 5.41) is 17.4. The first kappa shape index (κ1) is 16.6. The first-order valence-corrected chi connectivity index (χ1v) is 6.54. The summed E-state index contributed by atoms with van der Waals surface area (Å²) in [6.07, 6.45) is 1.35. The molecule has 0 aliphatic rings. The van der Waals surface area contributed by atoms with Crippen LogP contribution in [0.2, 0.25) is 0 Å². The number of carboxylic acids is 2. The smallest absolute Gasteiger partial charge is 0.304 e. The minimum absolute atomic E-state index is 0.0391. The average molecular weight is 291 g/mol. The molecule has 0 radical (unpaired) electrons. The van der Waals surface area contributed by atoms with E-state index in [9.17, 15) is 14.4 Å². The second-order valence-electron chi connectivity index (χ2n) is 4.53. The molecule has 0 aliphatic carbocycles. The van der Waals surface area contributed by atoms with Gasteiger partial charge in [0.05, 0.1) is 6.42 Å². The number of carbonyl (C=O) groups excluding carboxylic acids is 1. The van der Waals surface area contributed by atoms with Crippen molar-refractivity contribution in [3.05, 3.63) is 35.9 Å². The van der Waals surface area contributed by atoms with Gasteiger partial charge in [-0.25, -0.2) is 4.99 Å². The molecule has 1 unspecified atom stereocenters. The van der Waals surface area contributed by atoms with Crippen LogP contribution < -0.4 is 0 Å². The van der Waals surface area contributed by atoms with Crippen molar-refractivity contribution in [1.29, 1.82) is 0 Å². The maximum Gasteiger partial charge on any atom is 0.304 e. The van der Waals surface area contributed by atoms with Crippen molar-refractivity contribution in [3.63, 3.8) is 0 Å². The van der Waals surface area contributed by atoms with Gasteiger partial charge in [0.15, 0.2) is 0 Å².